The Kier molecular flexibility index (Phi) is 4.41. The molecular formula is C20H20N4O2. The second kappa shape index (κ2) is 7.01. The van der Waals surface area contributed by atoms with Crippen molar-refractivity contribution < 1.29 is 10.0 Å². The van der Waals surface area contributed by atoms with Crippen molar-refractivity contribution >= 4 is 11.6 Å². The predicted octanol–water partition coefficient (Wildman–Crippen LogP) is 3.15. The van der Waals surface area contributed by atoms with E-state index in [4.69, 9.17) is 5.21 Å². The third kappa shape index (κ3) is 3.19. The van der Waals surface area contributed by atoms with Gasteiger partial charge in [-0.3, -0.25) is 15.1 Å². The molecule has 1 aromatic heterocycles. The SMILES string of the molecule is O=C(NO)c1ccc(CN2CCCc3cc(-c4ccn[nH]4)ccc32)cc1. The van der Waals surface area contributed by atoms with Crippen LogP contribution in [0, 0.1) is 0 Å². The number of aromatic amines is 1. The van der Waals surface area contributed by atoms with Crippen molar-refractivity contribution in [3.05, 3.63) is 71.4 Å². The van der Waals surface area contributed by atoms with Crippen molar-refractivity contribution in [2.75, 3.05) is 11.4 Å². The Balaban J connectivity index is 1.55. The first-order valence-electron chi connectivity index (χ1n) is 8.65. The van der Waals surface area contributed by atoms with Crippen LogP contribution in [-0.2, 0) is 13.0 Å². The fourth-order valence-corrected chi connectivity index (χ4v) is 3.47. The Bertz CT molecular complexity index is 904. The zero-order chi connectivity index (χ0) is 17.9. The number of fused-ring (bicyclic) bond motifs is 1. The standard InChI is InChI=1S/C20H20N4O2/c25-20(23-26)15-5-3-14(4-6-15)13-24-11-1-2-17-12-16(7-8-19(17)24)18-9-10-21-22-18/h3-10,12,26H,1-2,11,13H2,(H,21,22)(H,23,25). The van der Waals surface area contributed by atoms with E-state index < -0.39 is 5.91 Å². The molecule has 0 saturated carbocycles. The molecule has 0 bridgehead atoms. The third-order valence-corrected chi connectivity index (χ3v) is 4.80. The highest BCUT2D eigenvalue weighted by Gasteiger charge is 2.18. The highest BCUT2D eigenvalue weighted by atomic mass is 16.5. The van der Waals surface area contributed by atoms with Gasteiger partial charge in [-0.05, 0) is 59.9 Å². The Labute approximate surface area is 151 Å². The summed E-state index contributed by atoms with van der Waals surface area (Å²) < 4.78 is 0. The minimum absolute atomic E-state index is 0.444. The van der Waals surface area contributed by atoms with Gasteiger partial charge in [-0.1, -0.05) is 18.2 Å². The molecule has 0 radical (unpaired) electrons. The Hall–Kier alpha value is -3.12. The first kappa shape index (κ1) is 16.4. The van der Waals surface area contributed by atoms with E-state index in [2.05, 4.69) is 33.3 Å². The van der Waals surface area contributed by atoms with Crippen LogP contribution in [0.1, 0.15) is 27.9 Å². The summed E-state index contributed by atoms with van der Waals surface area (Å²) in [6, 6.07) is 15.8. The molecule has 26 heavy (non-hydrogen) atoms. The highest BCUT2D eigenvalue weighted by molar-refractivity contribution is 5.93. The first-order valence-corrected chi connectivity index (χ1v) is 8.65. The molecule has 6 heteroatoms. The van der Waals surface area contributed by atoms with E-state index >= 15 is 0 Å². The summed E-state index contributed by atoms with van der Waals surface area (Å²) in [6.07, 6.45) is 3.95. The minimum Gasteiger partial charge on any atom is -0.367 e. The second-order valence-corrected chi connectivity index (χ2v) is 6.48. The lowest BCUT2D eigenvalue weighted by atomic mass is 9.97. The fraction of sp³-hybridized carbons (Fsp3) is 0.200. The maximum Gasteiger partial charge on any atom is 0.274 e. The van der Waals surface area contributed by atoms with Gasteiger partial charge in [0.15, 0.2) is 0 Å². The molecule has 1 amide bonds. The fourth-order valence-electron chi connectivity index (χ4n) is 3.47. The largest absolute Gasteiger partial charge is 0.367 e. The van der Waals surface area contributed by atoms with Crippen LogP contribution in [0.5, 0.6) is 0 Å². The maximum absolute atomic E-state index is 11.4. The van der Waals surface area contributed by atoms with Crippen LogP contribution in [0.25, 0.3) is 11.3 Å². The highest BCUT2D eigenvalue weighted by Crippen LogP contribution is 2.32. The molecule has 132 valence electrons. The summed E-state index contributed by atoms with van der Waals surface area (Å²) >= 11 is 0. The monoisotopic (exact) mass is 348 g/mol. The number of aromatic nitrogens is 2. The van der Waals surface area contributed by atoms with Crippen molar-refractivity contribution in [1.82, 2.24) is 15.7 Å². The zero-order valence-corrected chi connectivity index (χ0v) is 14.3. The van der Waals surface area contributed by atoms with Crippen LogP contribution in [0.3, 0.4) is 0 Å². The molecule has 2 aromatic carbocycles. The lowest BCUT2D eigenvalue weighted by molar-refractivity contribution is 0.0706. The smallest absolute Gasteiger partial charge is 0.274 e. The first-order chi connectivity index (χ1) is 12.7. The van der Waals surface area contributed by atoms with Gasteiger partial charge in [-0.2, -0.15) is 5.10 Å². The Morgan fingerprint density at radius 2 is 2.04 bits per heavy atom. The summed E-state index contributed by atoms with van der Waals surface area (Å²) in [7, 11) is 0. The average Bonchev–Trinajstić information content (AvgIpc) is 3.23. The molecule has 2 heterocycles. The maximum atomic E-state index is 11.4. The molecule has 0 spiro atoms. The normalized spacial score (nSPS) is 13.3. The number of anilines is 1. The zero-order valence-electron chi connectivity index (χ0n) is 14.3. The molecule has 0 saturated heterocycles. The van der Waals surface area contributed by atoms with Gasteiger partial charge in [0.2, 0.25) is 0 Å². The van der Waals surface area contributed by atoms with Gasteiger partial charge in [0.1, 0.15) is 0 Å². The summed E-state index contributed by atoms with van der Waals surface area (Å²) in [5.74, 6) is -0.494. The molecule has 0 fully saturated rings. The molecule has 6 nitrogen and oxygen atoms in total. The number of nitrogens with one attached hydrogen (secondary N) is 2. The van der Waals surface area contributed by atoms with E-state index in [-0.39, 0.29) is 0 Å². The van der Waals surface area contributed by atoms with E-state index in [1.54, 1.807) is 23.8 Å². The molecule has 0 aliphatic carbocycles. The molecular weight excluding hydrogens is 328 g/mol. The van der Waals surface area contributed by atoms with E-state index in [1.807, 2.05) is 18.2 Å². The van der Waals surface area contributed by atoms with Gasteiger partial charge in [0.05, 0.1) is 5.69 Å². The van der Waals surface area contributed by atoms with Crippen LogP contribution in [0.15, 0.2) is 54.7 Å². The third-order valence-electron chi connectivity index (χ3n) is 4.80. The summed E-state index contributed by atoms with van der Waals surface area (Å²) in [4.78, 5) is 13.8. The number of carbonyl (C=O) groups excluding carboxylic acids is 1. The van der Waals surface area contributed by atoms with Crippen molar-refractivity contribution in [2.24, 2.45) is 0 Å². The number of hydrogen-bond donors (Lipinski definition) is 3. The Morgan fingerprint density at radius 1 is 1.19 bits per heavy atom. The van der Waals surface area contributed by atoms with E-state index in [0.29, 0.717) is 5.56 Å². The van der Waals surface area contributed by atoms with Gasteiger partial charge in [0.25, 0.3) is 5.91 Å². The lowest BCUT2D eigenvalue weighted by Gasteiger charge is -2.31. The van der Waals surface area contributed by atoms with Crippen molar-refractivity contribution in [2.45, 2.75) is 19.4 Å². The van der Waals surface area contributed by atoms with Crippen LogP contribution in [-0.4, -0.2) is 27.9 Å². The van der Waals surface area contributed by atoms with Gasteiger partial charge in [-0.25, -0.2) is 5.48 Å². The molecule has 1 aliphatic heterocycles. The second-order valence-electron chi connectivity index (χ2n) is 6.48. The number of hydroxylamine groups is 1. The number of amides is 1. The Morgan fingerprint density at radius 3 is 2.77 bits per heavy atom. The minimum atomic E-state index is -0.494. The molecule has 3 N–H and O–H groups in total. The summed E-state index contributed by atoms with van der Waals surface area (Å²) in [6.45, 7) is 1.80. The number of H-pyrrole nitrogens is 1. The topological polar surface area (TPSA) is 81.2 Å². The van der Waals surface area contributed by atoms with E-state index in [0.717, 1.165) is 42.8 Å². The number of benzene rings is 2. The van der Waals surface area contributed by atoms with Gasteiger partial charge in [0, 0.05) is 30.5 Å². The summed E-state index contributed by atoms with van der Waals surface area (Å²) in [5, 5.41) is 15.7. The van der Waals surface area contributed by atoms with Gasteiger partial charge >= 0.3 is 0 Å². The van der Waals surface area contributed by atoms with E-state index in [9.17, 15) is 4.79 Å². The van der Waals surface area contributed by atoms with Crippen LogP contribution in [0.4, 0.5) is 5.69 Å². The van der Waals surface area contributed by atoms with Crippen molar-refractivity contribution in [3.8, 4) is 11.3 Å². The van der Waals surface area contributed by atoms with E-state index in [1.165, 1.54) is 11.3 Å². The molecule has 1 aliphatic rings. The molecule has 3 aromatic rings. The van der Waals surface area contributed by atoms with Crippen LogP contribution in [0.2, 0.25) is 0 Å². The van der Waals surface area contributed by atoms with Crippen LogP contribution >= 0.6 is 0 Å². The molecule has 0 unspecified atom stereocenters. The van der Waals surface area contributed by atoms with Crippen molar-refractivity contribution in [3.63, 3.8) is 0 Å². The number of rotatable bonds is 4. The quantitative estimate of drug-likeness (QED) is 0.500. The van der Waals surface area contributed by atoms with Crippen molar-refractivity contribution in [1.29, 1.82) is 0 Å². The average molecular weight is 348 g/mol. The summed E-state index contributed by atoms with van der Waals surface area (Å²) in [5.41, 5.74) is 8.02. The van der Waals surface area contributed by atoms with Gasteiger partial charge in [-0.15, -0.1) is 0 Å². The predicted molar refractivity (Wildman–Crippen MR) is 99.1 cm³/mol. The number of nitrogens with zero attached hydrogens (tertiary/aromatic N) is 2. The lowest BCUT2D eigenvalue weighted by Crippen LogP contribution is -2.28. The van der Waals surface area contributed by atoms with Gasteiger partial charge < -0.3 is 4.90 Å². The number of aryl methyl sites for hydroxylation is 1. The van der Waals surface area contributed by atoms with Crippen LogP contribution < -0.4 is 10.4 Å². The number of hydrogen-bond acceptors (Lipinski definition) is 4. The molecule has 4 rings (SSSR count). The number of carbonyl (C=O) groups is 1. The molecule has 0 atom stereocenters.